The van der Waals surface area contributed by atoms with Crippen LogP contribution in [0.25, 0.3) is 0 Å². The van der Waals surface area contributed by atoms with Crippen LogP contribution in [0.5, 0.6) is 0 Å². The van der Waals surface area contributed by atoms with Crippen LogP contribution in [0.1, 0.15) is 20.3 Å². The number of allylic oxidation sites excluding steroid dienone is 1. The van der Waals surface area contributed by atoms with Gasteiger partial charge < -0.3 is 14.6 Å². The van der Waals surface area contributed by atoms with Gasteiger partial charge in [0.05, 0.1) is 25.7 Å². The van der Waals surface area contributed by atoms with Gasteiger partial charge in [0.1, 0.15) is 5.76 Å². The van der Waals surface area contributed by atoms with Crippen molar-refractivity contribution in [1.82, 2.24) is 0 Å². The Bertz CT molecular complexity index is 231. The first-order chi connectivity index (χ1) is 6.56. The number of hydrogen-bond acceptors (Lipinski definition) is 4. The molecular weight excluding hydrogens is 188 g/mol. The van der Waals surface area contributed by atoms with Crippen LogP contribution in [-0.2, 0) is 19.1 Å². The highest BCUT2D eigenvalue weighted by atomic mass is 16.5. The zero-order chi connectivity index (χ0) is 11.0. The third-order valence-corrected chi connectivity index (χ3v) is 1.25. The van der Waals surface area contributed by atoms with Gasteiger partial charge in [-0.1, -0.05) is 0 Å². The normalized spacial score (nSPS) is 10.9. The summed E-state index contributed by atoms with van der Waals surface area (Å²) in [6, 6.07) is 0. The van der Waals surface area contributed by atoms with Gasteiger partial charge in [0.2, 0.25) is 0 Å². The number of aliphatic carboxylic acids is 1. The van der Waals surface area contributed by atoms with Gasteiger partial charge >= 0.3 is 11.9 Å². The van der Waals surface area contributed by atoms with Gasteiger partial charge in [0, 0.05) is 0 Å². The molecule has 0 fully saturated rings. The molecule has 0 aromatic carbocycles. The van der Waals surface area contributed by atoms with Gasteiger partial charge in [-0.15, -0.1) is 0 Å². The van der Waals surface area contributed by atoms with Gasteiger partial charge in [-0.3, -0.25) is 4.79 Å². The lowest BCUT2D eigenvalue weighted by molar-refractivity contribution is -0.138. The summed E-state index contributed by atoms with van der Waals surface area (Å²) in [4.78, 5) is 21.0. The van der Waals surface area contributed by atoms with Crippen molar-refractivity contribution in [3.05, 3.63) is 11.8 Å². The molecule has 5 heteroatoms. The molecule has 0 radical (unpaired) electrons. The van der Waals surface area contributed by atoms with E-state index in [1.54, 1.807) is 13.8 Å². The number of ether oxygens (including phenoxy) is 2. The predicted molar refractivity (Wildman–Crippen MR) is 48.6 cm³/mol. The molecule has 0 aliphatic heterocycles. The third-order valence-electron chi connectivity index (χ3n) is 1.25. The zero-order valence-corrected chi connectivity index (χ0v) is 8.28. The van der Waals surface area contributed by atoms with E-state index in [1.807, 2.05) is 0 Å². The molecule has 0 atom stereocenters. The maximum Gasteiger partial charge on any atom is 0.334 e. The number of rotatable bonds is 6. The molecule has 0 aliphatic rings. The van der Waals surface area contributed by atoms with E-state index in [1.165, 1.54) is 6.08 Å². The zero-order valence-electron chi connectivity index (χ0n) is 8.28. The maximum absolute atomic E-state index is 10.9. The summed E-state index contributed by atoms with van der Waals surface area (Å²) in [6.07, 6.45) is 1.10. The fourth-order valence-electron chi connectivity index (χ4n) is 0.691. The lowest BCUT2D eigenvalue weighted by atomic mass is 10.4. The first-order valence-corrected chi connectivity index (χ1v) is 4.26. The molecule has 0 unspecified atom stereocenters. The summed E-state index contributed by atoms with van der Waals surface area (Å²) in [6.45, 7) is 3.62. The highest BCUT2D eigenvalue weighted by molar-refractivity contribution is 5.82. The minimum absolute atomic E-state index is 0.0527. The Balaban J connectivity index is 3.76. The Labute approximate surface area is 82.3 Å². The SMILES string of the molecule is CCOC(=O)/C=C(\C)OCCC(=O)O. The van der Waals surface area contributed by atoms with E-state index in [-0.39, 0.29) is 13.0 Å². The second kappa shape index (κ2) is 6.94. The first-order valence-electron chi connectivity index (χ1n) is 4.26. The number of carbonyl (C=O) groups excluding carboxylic acids is 1. The molecule has 0 saturated carbocycles. The van der Waals surface area contributed by atoms with Crippen LogP contribution >= 0.6 is 0 Å². The molecule has 0 amide bonds. The molecule has 0 bridgehead atoms. The van der Waals surface area contributed by atoms with Crippen molar-refractivity contribution in [2.45, 2.75) is 20.3 Å². The lowest BCUT2D eigenvalue weighted by Crippen LogP contribution is -2.04. The van der Waals surface area contributed by atoms with Gasteiger partial charge in [0.25, 0.3) is 0 Å². The van der Waals surface area contributed by atoms with Crippen LogP contribution in [-0.4, -0.2) is 30.3 Å². The first kappa shape index (κ1) is 12.5. The molecule has 0 aliphatic carbocycles. The molecule has 0 rings (SSSR count). The van der Waals surface area contributed by atoms with Gasteiger partial charge in [-0.2, -0.15) is 0 Å². The maximum atomic E-state index is 10.9. The molecule has 0 saturated heterocycles. The van der Waals surface area contributed by atoms with Crippen molar-refractivity contribution in [2.24, 2.45) is 0 Å². The van der Waals surface area contributed by atoms with E-state index >= 15 is 0 Å². The minimum atomic E-state index is -0.936. The average molecular weight is 202 g/mol. The van der Waals surface area contributed by atoms with Crippen molar-refractivity contribution in [1.29, 1.82) is 0 Å². The summed E-state index contributed by atoms with van der Waals surface area (Å²) in [7, 11) is 0. The summed E-state index contributed by atoms with van der Waals surface area (Å²) in [5.74, 6) is -1.07. The van der Waals surface area contributed by atoms with Crippen LogP contribution in [0, 0.1) is 0 Å². The van der Waals surface area contributed by atoms with Gasteiger partial charge in [-0.05, 0) is 13.8 Å². The fourth-order valence-corrected chi connectivity index (χ4v) is 0.691. The summed E-state index contributed by atoms with van der Waals surface area (Å²) in [5, 5.41) is 8.30. The smallest absolute Gasteiger partial charge is 0.334 e. The number of hydrogen-bond donors (Lipinski definition) is 1. The highest BCUT2D eigenvalue weighted by Crippen LogP contribution is 1.97. The van der Waals surface area contributed by atoms with Crippen LogP contribution in [0.2, 0.25) is 0 Å². The van der Waals surface area contributed by atoms with Crippen LogP contribution in [0.4, 0.5) is 0 Å². The molecule has 80 valence electrons. The number of carboxylic acid groups (broad SMARTS) is 1. The molecule has 0 spiro atoms. The Hall–Kier alpha value is -1.52. The average Bonchev–Trinajstić information content (AvgIpc) is 2.03. The summed E-state index contributed by atoms with van der Waals surface area (Å²) < 4.78 is 9.58. The largest absolute Gasteiger partial charge is 0.497 e. The van der Waals surface area contributed by atoms with Crippen LogP contribution < -0.4 is 0 Å². The van der Waals surface area contributed by atoms with E-state index in [2.05, 4.69) is 4.74 Å². The minimum Gasteiger partial charge on any atom is -0.497 e. The van der Waals surface area contributed by atoms with Crippen molar-refractivity contribution in [2.75, 3.05) is 13.2 Å². The summed E-state index contributed by atoms with van der Waals surface area (Å²) in [5.41, 5.74) is 0. The van der Waals surface area contributed by atoms with Crippen molar-refractivity contribution in [3.8, 4) is 0 Å². The number of carboxylic acids is 1. The van der Waals surface area contributed by atoms with Gasteiger partial charge in [-0.25, -0.2) is 4.79 Å². The highest BCUT2D eigenvalue weighted by Gasteiger charge is 2.00. The van der Waals surface area contributed by atoms with E-state index in [9.17, 15) is 9.59 Å². The molecule has 0 aromatic rings. The second-order valence-electron chi connectivity index (χ2n) is 2.50. The van der Waals surface area contributed by atoms with E-state index in [0.717, 1.165) is 0 Å². The van der Waals surface area contributed by atoms with Crippen LogP contribution in [0.15, 0.2) is 11.8 Å². The second-order valence-corrected chi connectivity index (χ2v) is 2.50. The monoisotopic (exact) mass is 202 g/mol. The van der Waals surface area contributed by atoms with E-state index in [4.69, 9.17) is 9.84 Å². The Morgan fingerprint density at radius 1 is 1.36 bits per heavy atom. The lowest BCUT2D eigenvalue weighted by Gasteiger charge is -2.03. The van der Waals surface area contributed by atoms with Crippen molar-refractivity contribution < 1.29 is 24.2 Å². The molecule has 5 nitrogen and oxygen atoms in total. The van der Waals surface area contributed by atoms with Crippen LogP contribution in [0.3, 0.4) is 0 Å². The predicted octanol–water partition coefficient (Wildman–Crippen LogP) is 0.945. The standard InChI is InChI=1S/C9H14O5/c1-3-13-9(12)6-7(2)14-5-4-8(10)11/h6H,3-5H2,1-2H3,(H,10,11)/b7-6+. The van der Waals surface area contributed by atoms with Crippen molar-refractivity contribution >= 4 is 11.9 Å². The van der Waals surface area contributed by atoms with E-state index < -0.39 is 11.9 Å². The number of carbonyl (C=O) groups is 2. The fraction of sp³-hybridized carbons (Fsp3) is 0.556. The summed E-state index contributed by atoms with van der Waals surface area (Å²) >= 11 is 0. The molecule has 0 heterocycles. The molecule has 0 aromatic heterocycles. The molecular formula is C9H14O5. The van der Waals surface area contributed by atoms with Gasteiger partial charge in [0.15, 0.2) is 0 Å². The quantitative estimate of drug-likeness (QED) is 0.394. The Morgan fingerprint density at radius 3 is 2.50 bits per heavy atom. The Morgan fingerprint density at radius 2 is 2.00 bits per heavy atom. The molecule has 1 N–H and O–H groups in total. The topological polar surface area (TPSA) is 72.8 Å². The van der Waals surface area contributed by atoms with Crippen molar-refractivity contribution in [3.63, 3.8) is 0 Å². The molecule has 14 heavy (non-hydrogen) atoms. The van der Waals surface area contributed by atoms with E-state index in [0.29, 0.717) is 12.4 Å². The third kappa shape index (κ3) is 7.15. The Kier molecular flexibility index (Phi) is 6.19. The number of esters is 1.